The van der Waals surface area contributed by atoms with E-state index in [1.165, 1.54) is 41.3 Å². The Hall–Kier alpha value is -3.75. The molecule has 0 saturated heterocycles. The fraction of sp³-hybridized carbons (Fsp3) is 0.0769. The Balaban J connectivity index is 1.65. The molecule has 158 valence electrons. The fourth-order valence-electron chi connectivity index (χ4n) is 3.37. The van der Waals surface area contributed by atoms with Gasteiger partial charge in [0.2, 0.25) is 5.78 Å². The van der Waals surface area contributed by atoms with Crippen LogP contribution in [0.4, 0.5) is 14.5 Å². The Morgan fingerprint density at radius 3 is 2.47 bits per heavy atom. The zero-order chi connectivity index (χ0) is 22.8. The van der Waals surface area contributed by atoms with E-state index < -0.39 is 17.5 Å². The number of benzene rings is 3. The molecule has 0 spiro atoms. The molecule has 0 aromatic heterocycles. The number of rotatable bonds is 2. The molecule has 6 heteroatoms. The van der Waals surface area contributed by atoms with Crippen molar-refractivity contribution >= 4 is 35.1 Å². The molecule has 3 aromatic carbocycles. The van der Waals surface area contributed by atoms with E-state index in [2.05, 4.69) is 11.8 Å². The molecule has 0 unspecified atom stereocenters. The van der Waals surface area contributed by atoms with Gasteiger partial charge < -0.3 is 4.90 Å². The van der Waals surface area contributed by atoms with E-state index in [4.69, 9.17) is 11.6 Å². The minimum absolute atomic E-state index is 0.0425. The van der Waals surface area contributed by atoms with Crippen molar-refractivity contribution in [3.05, 3.63) is 105 Å². The van der Waals surface area contributed by atoms with Gasteiger partial charge in [-0.2, -0.15) is 0 Å². The van der Waals surface area contributed by atoms with Crippen molar-refractivity contribution in [1.82, 2.24) is 0 Å². The van der Waals surface area contributed by atoms with Crippen LogP contribution in [0.2, 0.25) is 5.02 Å². The molecule has 0 N–H and O–H groups in total. The monoisotopic (exact) mass is 447 g/mol. The van der Waals surface area contributed by atoms with Crippen LogP contribution in [0.5, 0.6) is 0 Å². The van der Waals surface area contributed by atoms with Gasteiger partial charge in [0.15, 0.2) is 0 Å². The predicted octanol–water partition coefficient (Wildman–Crippen LogP) is 5.46. The number of anilines is 1. The molecule has 32 heavy (non-hydrogen) atoms. The standard InChI is InChI=1S/C26H16ClF2NO2/c1-30-24-12-8-17(4-2-3-16-5-9-19(28)10-6-16)13-20(24)25(31)21(26(30)32)14-18-7-11-23(29)22(27)15-18/h5-15H,3H2,1H3/b21-14+. The minimum atomic E-state index is -0.582. The zero-order valence-corrected chi connectivity index (χ0v) is 17.7. The van der Waals surface area contributed by atoms with Crippen molar-refractivity contribution in [2.75, 3.05) is 11.9 Å². The van der Waals surface area contributed by atoms with Crippen molar-refractivity contribution in [2.24, 2.45) is 0 Å². The van der Waals surface area contributed by atoms with E-state index in [1.54, 1.807) is 37.4 Å². The molecule has 3 aromatic rings. The Labute approximate surface area is 188 Å². The number of amides is 1. The highest BCUT2D eigenvalue weighted by molar-refractivity contribution is 6.36. The summed E-state index contributed by atoms with van der Waals surface area (Å²) in [5, 5.41) is -0.0949. The number of ketones is 1. The van der Waals surface area contributed by atoms with Crippen molar-refractivity contribution < 1.29 is 18.4 Å². The molecule has 1 amide bonds. The number of hydrogen-bond donors (Lipinski definition) is 0. The highest BCUT2D eigenvalue weighted by Crippen LogP contribution is 2.31. The maximum Gasteiger partial charge on any atom is 0.262 e. The first kappa shape index (κ1) is 21.5. The topological polar surface area (TPSA) is 37.4 Å². The van der Waals surface area contributed by atoms with Gasteiger partial charge in [-0.1, -0.05) is 41.6 Å². The number of hydrogen-bond acceptors (Lipinski definition) is 2. The highest BCUT2D eigenvalue weighted by Gasteiger charge is 2.32. The first-order valence-corrected chi connectivity index (χ1v) is 10.1. The predicted molar refractivity (Wildman–Crippen MR) is 121 cm³/mol. The van der Waals surface area contributed by atoms with Crippen LogP contribution in [0.25, 0.3) is 6.08 Å². The summed E-state index contributed by atoms with van der Waals surface area (Å²) in [4.78, 5) is 27.3. The largest absolute Gasteiger partial charge is 0.311 e. The second-order valence-electron chi connectivity index (χ2n) is 7.26. The van der Waals surface area contributed by atoms with Gasteiger partial charge in [-0.25, -0.2) is 8.78 Å². The third kappa shape index (κ3) is 4.32. The lowest BCUT2D eigenvalue weighted by Gasteiger charge is -2.26. The molecule has 1 heterocycles. The molecule has 1 aliphatic rings. The van der Waals surface area contributed by atoms with Crippen LogP contribution in [-0.2, 0) is 11.2 Å². The maximum absolute atomic E-state index is 13.4. The van der Waals surface area contributed by atoms with Crippen LogP contribution >= 0.6 is 11.6 Å². The summed E-state index contributed by atoms with van der Waals surface area (Å²) in [6.45, 7) is 0. The summed E-state index contributed by atoms with van der Waals surface area (Å²) in [6.07, 6.45) is 1.84. The van der Waals surface area contributed by atoms with Gasteiger partial charge in [0.05, 0.1) is 16.3 Å². The molecule has 3 nitrogen and oxygen atoms in total. The molecule has 0 aliphatic carbocycles. The third-order valence-corrected chi connectivity index (χ3v) is 5.37. The smallest absolute Gasteiger partial charge is 0.262 e. The average Bonchev–Trinajstić information content (AvgIpc) is 2.79. The van der Waals surface area contributed by atoms with Crippen LogP contribution in [-0.4, -0.2) is 18.7 Å². The zero-order valence-electron chi connectivity index (χ0n) is 17.0. The van der Waals surface area contributed by atoms with Crippen molar-refractivity contribution in [3.8, 4) is 11.8 Å². The average molecular weight is 448 g/mol. The normalized spacial score (nSPS) is 14.2. The van der Waals surface area contributed by atoms with E-state index in [0.717, 1.165) is 5.56 Å². The fourth-order valence-corrected chi connectivity index (χ4v) is 3.56. The van der Waals surface area contributed by atoms with E-state index in [9.17, 15) is 18.4 Å². The minimum Gasteiger partial charge on any atom is -0.311 e. The number of halogens is 3. The lowest BCUT2D eigenvalue weighted by molar-refractivity contribution is -0.114. The molecule has 0 bridgehead atoms. The van der Waals surface area contributed by atoms with Gasteiger partial charge >= 0.3 is 0 Å². The Morgan fingerprint density at radius 2 is 1.75 bits per heavy atom. The van der Waals surface area contributed by atoms with Gasteiger partial charge in [-0.15, -0.1) is 0 Å². The van der Waals surface area contributed by atoms with E-state index >= 15 is 0 Å². The summed E-state index contributed by atoms with van der Waals surface area (Å²) in [5.41, 5.74) is 2.73. The molecular formula is C26H16ClF2NO2. The highest BCUT2D eigenvalue weighted by atomic mass is 35.5. The molecule has 0 radical (unpaired) electrons. The third-order valence-electron chi connectivity index (χ3n) is 5.08. The summed E-state index contributed by atoms with van der Waals surface area (Å²) in [7, 11) is 1.58. The van der Waals surface area contributed by atoms with Crippen molar-refractivity contribution in [2.45, 2.75) is 6.42 Å². The lowest BCUT2D eigenvalue weighted by Crippen LogP contribution is -2.36. The summed E-state index contributed by atoms with van der Waals surface area (Å²) < 4.78 is 26.5. The number of carbonyl (C=O) groups excluding carboxylic acids is 2. The number of Topliss-reactive ketones (excluding diaryl/α,β-unsaturated/α-hetero) is 1. The Bertz CT molecular complexity index is 1330. The lowest BCUT2D eigenvalue weighted by atomic mass is 9.92. The number of carbonyl (C=O) groups is 2. The number of fused-ring (bicyclic) bond motifs is 1. The van der Waals surface area contributed by atoms with Gasteiger partial charge in [0.1, 0.15) is 11.6 Å². The maximum atomic E-state index is 13.4. The van der Waals surface area contributed by atoms with Gasteiger partial charge in [0.25, 0.3) is 5.91 Å². The van der Waals surface area contributed by atoms with Crippen LogP contribution < -0.4 is 4.90 Å². The molecule has 0 saturated carbocycles. The molecule has 1 aliphatic heterocycles. The molecule has 0 atom stereocenters. The van der Waals surface area contributed by atoms with Crippen LogP contribution in [0.1, 0.15) is 27.0 Å². The van der Waals surface area contributed by atoms with Crippen LogP contribution in [0, 0.1) is 23.5 Å². The number of nitrogens with zero attached hydrogens (tertiary/aromatic N) is 1. The van der Waals surface area contributed by atoms with Crippen LogP contribution in [0.3, 0.4) is 0 Å². The van der Waals surface area contributed by atoms with Crippen molar-refractivity contribution in [3.63, 3.8) is 0 Å². The molecule has 0 fully saturated rings. The SMILES string of the molecule is CN1C(=O)/C(=C/c2ccc(F)c(Cl)c2)C(=O)c2cc(C#CCc3ccc(F)cc3)ccc21. The summed E-state index contributed by atoms with van der Waals surface area (Å²) >= 11 is 5.82. The first-order valence-electron chi connectivity index (χ1n) is 9.70. The van der Waals surface area contributed by atoms with Gasteiger partial charge in [-0.3, -0.25) is 9.59 Å². The molecular weight excluding hydrogens is 432 g/mol. The van der Waals surface area contributed by atoms with Crippen molar-refractivity contribution in [1.29, 1.82) is 0 Å². The second-order valence-corrected chi connectivity index (χ2v) is 7.67. The van der Waals surface area contributed by atoms with E-state index in [1.807, 2.05) is 0 Å². The Kier molecular flexibility index (Phi) is 5.89. The van der Waals surface area contributed by atoms with Gasteiger partial charge in [0, 0.05) is 24.6 Å². The summed E-state index contributed by atoms with van der Waals surface area (Å²) in [6, 6.07) is 15.1. The number of likely N-dealkylation sites (N-methyl/N-ethyl adjacent to an activating group) is 1. The first-order chi connectivity index (χ1) is 15.3. The van der Waals surface area contributed by atoms with Crippen LogP contribution in [0.15, 0.2) is 66.2 Å². The van der Waals surface area contributed by atoms with E-state index in [-0.39, 0.29) is 16.4 Å². The summed E-state index contributed by atoms with van der Waals surface area (Å²) in [5.74, 6) is 4.23. The quantitative estimate of drug-likeness (QED) is 0.297. The Morgan fingerprint density at radius 1 is 1.00 bits per heavy atom. The second kappa shape index (κ2) is 8.78. The molecule has 4 rings (SSSR count). The van der Waals surface area contributed by atoms with E-state index in [0.29, 0.717) is 28.8 Å². The van der Waals surface area contributed by atoms with Gasteiger partial charge in [-0.05, 0) is 59.7 Å².